The first-order chi connectivity index (χ1) is 7.56. The second-order valence-corrected chi connectivity index (χ2v) is 4.27. The van der Waals surface area contributed by atoms with E-state index in [2.05, 4.69) is 0 Å². The van der Waals surface area contributed by atoms with Crippen molar-refractivity contribution in [3.63, 3.8) is 0 Å². The van der Waals surface area contributed by atoms with Gasteiger partial charge in [-0.05, 0) is 30.5 Å². The highest BCUT2D eigenvalue weighted by molar-refractivity contribution is 5.77. The molecule has 1 aromatic carbocycles. The minimum Gasteiger partial charge on any atom is -0.508 e. The number of hydrogen-bond donors (Lipinski definition) is 2. The molecule has 1 aliphatic rings. The van der Waals surface area contributed by atoms with E-state index in [1.54, 1.807) is 0 Å². The SMILES string of the molecule is O=C(O)C1(C(F)c2ccc(O)cc2)CCC1. The monoisotopic (exact) mass is 224 g/mol. The molecule has 0 heterocycles. The Balaban J connectivity index is 2.27. The van der Waals surface area contributed by atoms with Gasteiger partial charge in [0, 0.05) is 0 Å². The molecule has 1 atom stereocenters. The van der Waals surface area contributed by atoms with Crippen LogP contribution in [0.25, 0.3) is 0 Å². The fraction of sp³-hybridized carbons (Fsp3) is 0.417. The van der Waals surface area contributed by atoms with Crippen molar-refractivity contribution in [3.8, 4) is 5.75 Å². The summed E-state index contributed by atoms with van der Waals surface area (Å²) in [5, 5.41) is 18.2. The van der Waals surface area contributed by atoms with E-state index < -0.39 is 17.6 Å². The molecule has 2 rings (SSSR count). The number of rotatable bonds is 3. The standard InChI is InChI=1S/C12H13FO3/c13-10(8-2-4-9(14)5-3-8)12(11(15)16)6-1-7-12/h2-5,10,14H,1,6-7H2,(H,15,16). The van der Waals surface area contributed by atoms with E-state index in [-0.39, 0.29) is 5.75 Å². The van der Waals surface area contributed by atoms with Gasteiger partial charge in [-0.3, -0.25) is 4.79 Å². The predicted octanol–water partition coefficient (Wildman–Crippen LogP) is 2.66. The molecule has 86 valence electrons. The van der Waals surface area contributed by atoms with Gasteiger partial charge in [0.25, 0.3) is 0 Å². The summed E-state index contributed by atoms with van der Waals surface area (Å²) < 4.78 is 14.2. The van der Waals surface area contributed by atoms with E-state index in [4.69, 9.17) is 10.2 Å². The van der Waals surface area contributed by atoms with Crippen molar-refractivity contribution in [1.82, 2.24) is 0 Å². The van der Waals surface area contributed by atoms with Gasteiger partial charge in [0.15, 0.2) is 0 Å². The highest BCUT2D eigenvalue weighted by Crippen LogP contribution is 2.52. The maximum atomic E-state index is 14.2. The topological polar surface area (TPSA) is 57.5 Å². The molecular formula is C12H13FO3. The van der Waals surface area contributed by atoms with E-state index in [9.17, 15) is 9.18 Å². The van der Waals surface area contributed by atoms with Crippen molar-refractivity contribution in [2.75, 3.05) is 0 Å². The van der Waals surface area contributed by atoms with Gasteiger partial charge in [-0.1, -0.05) is 18.6 Å². The number of carboxylic acids is 1. The first-order valence-corrected chi connectivity index (χ1v) is 5.23. The van der Waals surface area contributed by atoms with Gasteiger partial charge in [0.2, 0.25) is 0 Å². The summed E-state index contributed by atoms with van der Waals surface area (Å²) in [7, 11) is 0. The third-order valence-corrected chi connectivity index (χ3v) is 3.34. The van der Waals surface area contributed by atoms with Crippen LogP contribution in [0.2, 0.25) is 0 Å². The quantitative estimate of drug-likeness (QED) is 0.829. The lowest BCUT2D eigenvalue weighted by Crippen LogP contribution is -2.41. The maximum Gasteiger partial charge on any atom is 0.312 e. The number of phenolic OH excluding ortho intramolecular Hbond substituents is 1. The number of carbonyl (C=O) groups is 1. The summed E-state index contributed by atoms with van der Waals surface area (Å²) in [6, 6.07) is 5.61. The van der Waals surface area contributed by atoms with Crippen LogP contribution in [0, 0.1) is 5.41 Å². The molecule has 16 heavy (non-hydrogen) atoms. The molecule has 0 radical (unpaired) electrons. The van der Waals surface area contributed by atoms with E-state index in [0.717, 1.165) is 6.42 Å². The third kappa shape index (κ3) is 1.54. The average molecular weight is 224 g/mol. The average Bonchev–Trinajstić information content (AvgIpc) is 2.16. The summed E-state index contributed by atoms with van der Waals surface area (Å²) in [6.45, 7) is 0. The van der Waals surface area contributed by atoms with Gasteiger partial charge < -0.3 is 10.2 Å². The van der Waals surface area contributed by atoms with Crippen molar-refractivity contribution >= 4 is 5.97 Å². The number of alkyl halides is 1. The molecule has 0 spiro atoms. The Morgan fingerprint density at radius 3 is 2.25 bits per heavy atom. The van der Waals surface area contributed by atoms with Gasteiger partial charge in [0.05, 0.1) is 0 Å². The molecule has 1 aliphatic carbocycles. The van der Waals surface area contributed by atoms with Crippen molar-refractivity contribution in [2.45, 2.75) is 25.4 Å². The van der Waals surface area contributed by atoms with Crippen LogP contribution in [-0.4, -0.2) is 16.2 Å². The van der Waals surface area contributed by atoms with Crippen molar-refractivity contribution < 1.29 is 19.4 Å². The van der Waals surface area contributed by atoms with E-state index in [1.807, 2.05) is 0 Å². The van der Waals surface area contributed by atoms with Crippen LogP contribution in [0.3, 0.4) is 0 Å². The lowest BCUT2D eigenvalue weighted by Gasteiger charge is -2.40. The number of benzene rings is 1. The normalized spacial score (nSPS) is 19.8. The first kappa shape index (κ1) is 10.9. The van der Waals surface area contributed by atoms with Crippen molar-refractivity contribution in [2.24, 2.45) is 5.41 Å². The molecule has 0 saturated heterocycles. The predicted molar refractivity (Wildman–Crippen MR) is 55.9 cm³/mol. The Hall–Kier alpha value is -1.58. The molecule has 0 aromatic heterocycles. The number of halogens is 1. The number of phenols is 1. The second-order valence-electron chi connectivity index (χ2n) is 4.27. The molecular weight excluding hydrogens is 211 g/mol. The Kier molecular flexibility index (Phi) is 2.58. The molecule has 1 aromatic rings. The zero-order valence-electron chi connectivity index (χ0n) is 8.69. The largest absolute Gasteiger partial charge is 0.508 e. The summed E-state index contributed by atoms with van der Waals surface area (Å²) in [6.07, 6.45) is 0.0128. The Morgan fingerprint density at radius 2 is 1.88 bits per heavy atom. The molecule has 2 N–H and O–H groups in total. The summed E-state index contributed by atoms with van der Waals surface area (Å²) in [4.78, 5) is 11.1. The van der Waals surface area contributed by atoms with Crippen molar-refractivity contribution in [3.05, 3.63) is 29.8 Å². The maximum absolute atomic E-state index is 14.2. The van der Waals surface area contributed by atoms with E-state index in [0.29, 0.717) is 18.4 Å². The molecule has 0 bridgehead atoms. The fourth-order valence-corrected chi connectivity index (χ4v) is 2.10. The Bertz CT molecular complexity index is 395. The van der Waals surface area contributed by atoms with Crippen LogP contribution in [0.5, 0.6) is 5.75 Å². The highest BCUT2D eigenvalue weighted by Gasteiger charge is 2.51. The highest BCUT2D eigenvalue weighted by atomic mass is 19.1. The fourth-order valence-electron chi connectivity index (χ4n) is 2.10. The van der Waals surface area contributed by atoms with Gasteiger partial charge in [-0.15, -0.1) is 0 Å². The summed E-state index contributed by atoms with van der Waals surface area (Å²) in [5.41, 5.74) is -0.934. The number of carboxylic acid groups (broad SMARTS) is 1. The number of hydrogen-bond acceptors (Lipinski definition) is 2. The molecule has 4 heteroatoms. The number of aromatic hydroxyl groups is 1. The van der Waals surface area contributed by atoms with Crippen LogP contribution >= 0.6 is 0 Å². The zero-order chi connectivity index (χ0) is 11.8. The van der Waals surface area contributed by atoms with Crippen LogP contribution < -0.4 is 0 Å². The molecule has 0 amide bonds. The minimum absolute atomic E-state index is 0.0499. The van der Waals surface area contributed by atoms with Crippen LogP contribution in [0.15, 0.2) is 24.3 Å². The Labute approximate surface area is 92.5 Å². The van der Waals surface area contributed by atoms with Gasteiger partial charge in [-0.25, -0.2) is 4.39 Å². The zero-order valence-corrected chi connectivity index (χ0v) is 8.69. The summed E-state index contributed by atoms with van der Waals surface area (Å²) in [5.74, 6) is -1.02. The summed E-state index contributed by atoms with van der Waals surface area (Å²) >= 11 is 0. The molecule has 3 nitrogen and oxygen atoms in total. The minimum atomic E-state index is -1.50. The third-order valence-electron chi connectivity index (χ3n) is 3.34. The van der Waals surface area contributed by atoms with E-state index in [1.165, 1.54) is 24.3 Å². The van der Waals surface area contributed by atoms with Gasteiger partial charge in [0.1, 0.15) is 17.3 Å². The van der Waals surface area contributed by atoms with Gasteiger partial charge >= 0.3 is 5.97 Å². The van der Waals surface area contributed by atoms with Gasteiger partial charge in [-0.2, -0.15) is 0 Å². The van der Waals surface area contributed by atoms with Crippen LogP contribution in [0.1, 0.15) is 31.0 Å². The van der Waals surface area contributed by atoms with E-state index >= 15 is 0 Å². The smallest absolute Gasteiger partial charge is 0.312 e. The van der Waals surface area contributed by atoms with Crippen LogP contribution in [0.4, 0.5) is 4.39 Å². The number of aliphatic carboxylic acids is 1. The lowest BCUT2D eigenvalue weighted by molar-refractivity contribution is -0.161. The molecule has 1 unspecified atom stereocenters. The molecule has 0 aliphatic heterocycles. The van der Waals surface area contributed by atoms with Crippen LogP contribution in [-0.2, 0) is 4.79 Å². The van der Waals surface area contributed by atoms with Crippen molar-refractivity contribution in [1.29, 1.82) is 0 Å². The molecule has 1 fully saturated rings. The first-order valence-electron chi connectivity index (χ1n) is 5.23. The molecule has 1 saturated carbocycles. The Morgan fingerprint density at radius 1 is 1.31 bits per heavy atom. The second kappa shape index (κ2) is 3.77. The lowest BCUT2D eigenvalue weighted by atomic mass is 9.64.